The lowest BCUT2D eigenvalue weighted by Gasteiger charge is -2.38. The first-order chi connectivity index (χ1) is 20.3. The van der Waals surface area contributed by atoms with Gasteiger partial charge in [-0.2, -0.15) is 0 Å². The molecule has 11 nitrogen and oxygen atoms in total. The standard InChI is InChI=1S/C28H29FN6O5S2/c1-3-39-27(38)22-18(32-24(25-30-7-10-41-25)33-23(22)16-5-4-6-17(29)15(16)2)12-34-8-9-40-20-14-35(13-19(20)34)28-31-11-21(42-28)26(36)37/h4-7,10-11,19-20,23H,3,8-9,12-14H2,1-2H3,(H,32,33)(H,36,37)/t19-,20+,23?/m0/s1. The zero-order chi connectivity index (χ0) is 29.4. The number of hydrogen-bond donors (Lipinski definition) is 2. The van der Waals surface area contributed by atoms with Crippen molar-refractivity contribution in [2.75, 3.05) is 44.3 Å². The number of nitrogens with one attached hydrogen (secondary N) is 1. The molecular formula is C28H29FN6O5S2. The molecule has 6 rings (SSSR count). The van der Waals surface area contributed by atoms with Crippen molar-refractivity contribution >= 4 is 45.6 Å². The lowest BCUT2D eigenvalue weighted by molar-refractivity contribution is -0.139. The largest absolute Gasteiger partial charge is 0.477 e. The molecule has 3 atom stereocenters. The zero-order valence-electron chi connectivity index (χ0n) is 22.9. The lowest BCUT2D eigenvalue weighted by Crippen LogP contribution is -2.53. The SMILES string of the molecule is CCOC(=O)C1=C(CN2CCO[C@@H]3CN(c4ncc(C(=O)O)s4)C[C@@H]32)NC(c2nccs2)=NC1c1cccc(F)c1C. The molecule has 3 aromatic rings. The number of ether oxygens (including phenoxy) is 2. The number of halogens is 1. The molecule has 5 heterocycles. The van der Waals surface area contributed by atoms with Gasteiger partial charge in [0.05, 0.1) is 37.1 Å². The van der Waals surface area contributed by atoms with E-state index >= 15 is 0 Å². The van der Waals surface area contributed by atoms with Gasteiger partial charge in [0.25, 0.3) is 0 Å². The second kappa shape index (κ2) is 11.9. The number of hydrogen-bond acceptors (Lipinski definition) is 12. The van der Waals surface area contributed by atoms with E-state index in [1.54, 1.807) is 32.2 Å². The number of amidine groups is 1. The van der Waals surface area contributed by atoms with Gasteiger partial charge >= 0.3 is 11.9 Å². The molecule has 1 aromatic carbocycles. The van der Waals surface area contributed by atoms with Crippen LogP contribution in [0.4, 0.5) is 9.52 Å². The normalized spacial score (nSPS) is 22.5. The van der Waals surface area contributed by atoms with Crippen molar-refractivity contribution in [1.82, 2.24) is 20.2 Å². The Hall–Kier alpha value is -3.72. The number of benzene rings is 1. The molecule has 2 fully saturated rings. The first kappa shape index (κ1) is 28.4. The Morgan fingerprint density at radius 1 is 1.29 bits per heavy atom. The molecule has 3 aliphatic rings. The lowest BCUT2D eigenvalue weighted by atomic mass is 9.92. The van der Waals surface area contributed by atoms with Crippen LogP contribution in [0.5, 0.6) is 0 Å². The molecule has 1 unspecified atom stereocenters. The number of rotatable bonds is 8. The molecular weight excluding hydrogens is 583 g/mol. The van der Waals surface area contributed by atoms with Gasteiger partial charge in [0.15, 0.2) is 16.0 Å². The maximum atomic E-state index is 14.7. The van der Waals surface area contributed by atoms with E-state index < -0.39 is 18.0 Å². The minimum atomic E-state index is -1.00. The summed E-state index contributed by atoms with van der Waals surface area (Å²) in [6.07, 6.45) is 2.93. The topological polar surface area (TPSA) is 129 Å². The fraction of sp³-hybridized carbons (Fsp3) is 0.393. The van der Waals surface area contributed by atoms with Crippen molar-refractivity contribution < 1.29 is 28.6 Å². The maximum Gasteiger partial charge on any atom is 0.347 e. The highest BCUT2D eigenvalue weighted by atomic mass is 32.1. The molecule has 2 aromatic heterocycles. The van der Waals surface area contributed by atoms with Crippen LogP contribution in [-0.2, 0) is 14.3 Å². The number of morpholine rings is 1. The number of aliphatic imine (C=N–C) groups is 1. The van der Waals surface area contributed by atoms with Gasteiger partial charge in [-0.1, -0.05) is 23.5 Å². The van der Waals surface area contributed by atoms with E-state index in [1.807, 2.05) is 10.3 Å². The van der Waals surface area contributed by atoms with E-state index in [9.17, 15) is 19.1 Å². The van der Waals surface area contributed by atoms with E-state index in [0.29, 0.717) is 71.2 Å². The van der Waals surface area contributed by atoms with E-state index in [4.69, 9.17) is 14.5 Å². The molecule has 0 radical (unpaired) electrons. The first-order valence-electron chi connectivity index (χ1n) is 13.5. The summed E-state index contributed by atoms with van der Waals surface area (Å²) in [7, 11) is 0. The Balaban J connectivity index is 1.36. The van der Waals surface area contributed by atoms with Crippen molar-refractivity contribution in [1.29, 1.82) is 0 Å². The molecule has 0 saturated carbocycles. The smallest absolute Gasteiger partial charge is 0.347 e. The monoisotopic (exact) mass is 612 g/mol. The van der Waals surface area contributed by atoms with Crippen LogP contribution in [0.25, 0.3) is 0 Å². The quantitative estimate of drug-likeness (QED) is 0.366. The Labute approximate surface area is 249 Å². The third kappa shape index (κ3) is 5.42. The zero-order valence-corrected chi connectivity index (χ0v) is 24.6. The first-order valence-corrected chi connectivity index (χ1v) is 15.2. The molecule has 0 aliphatic carbocycles. The number of anilines is 1. The van der Waals surface area contributed by atoms with Crippen molar-refractivity contribution in [3.8, 4) is 0 Å². The number of aromatic carboxylic acids is 1. The van der Waals surface area contributed by atoms with Crippen LogP contribution in [0.2, 0.25) is 0 Å². The summed E-state index contributed by atoms with van der Waals surface area (Å²) in [6.45, 7) is 6.23. The summed E-state index contributed by atoms with van der Waals surface area (Å²) in [5.41, 5.74) is 1.93. The van der Waals surface area contributed by atoms with Gasteiger partial charge in [-0.15, -0.1) is 11.3 Å². The van der Waals surface area contributed by atoms with Crippen LogP contribution in [0, 0.1) is 12.7 Å². The minimum Gasteiger partial charge on any atom is -0.477 e. The van der Waals surface area contributed by atoms with Crippen LogP contribution in [-0.4, -0.2) is 89.3 Å². The second-order valence-corrected chi connectivity index (χ2v) is 12.0. The van der Waals surface area contributed by atoms with Gasteiger partial charge in [0.2, 0.25) is 0 Å². The van der Waals surface area contributed by atoms with Crippen LogP contribution < -0.4 is 10.2 Å². The van der Waals surface area contributed by atoms with E-state index in [-0.39, 0.29) is 29.4 Å². The average molecular weight is 613 g/mol. The number of nitrogens with zero attached hydrogens (tertiary/aromatic N) is 5. The molecule has 2 saturated heterocycles. The summed E-state index contributed by atoms with van der Waals surface area (Å²) in [4.78, 5) is 43.1. The predicted molar refractivity (Wildman–Crippen MR) is 156 cm³/mol. The molecule has 0 amide bonds. The van der Waals surface area contributed by atoms with Crippen molar-refractivity contribution in [3.63, 3.8) is 0 Å². The van der Waals surface area contributed by atoms with Crippen molar-refractivity contribution in [2.45, 2.75) is 32.0 Å². The van der Waals surface area contributed by atoms with Crippen molar-refractivity contribution in [3.05, 3.63) is 74.1 Å². The maximum absolute atomic E-state index is 14.7. The number of esters is 1. The average Bonchev–Trinajstić information content (AvgIpc) is 3.75. The summed E-state index contributed by atoms with van der Waals surface area (Å²) < 4.78 is 26.4. The number of thiazole rings is 2. The molecule has 2 N–H and O–H groups in total. The van der Waals surface area contributed by atoms with Gasteiger partial charge in [-0.05, 0) is 31.0 Å². The van der Waals surface area contributed by atoms with Gasteiger partial charge in [-0.25, -0.2) is 23.9 Å². The Kier molecular flexibility index (Phi) is 8.03. The summed E-state index contributed by atoms with van der Waals surface area (Å²) >= 11 is 2.55. The molecule has 0 bridgehead atoms. The summed E-state index contributed by atoms with van der Waals surface area (Å²) in [6, 6.07) is 3.96. The van der Waals surface area contributed by atoms with E-state index in [0.717, 1.165) is 11.3 Å². The highest BCUT2D eigenvalue weighted by Gasteiger charge is 2.43. The van der Waals surface area contributed by atoms with Gasteiger partial charge < -0.3 is 24.8 Å². The number of aromatic nitrogens is 2. The van der Waals surface area contributed by atoms with Crippen LogP contribution in [0.3, 0.4) is 0 Å². The van der Waals surface area contributed by atoms with Crippen LogP contribution >= 0.6 is 22.7 Å². The molecule has 0 spiro atoms. The fourth-order valence-electron chi connectivity index (χ4n) is 5.59. The fourth-order valence-corrected chi connectivity index (χ4v) is 6.95. The number of carboxylic acid groups (broad SMARTS) is 1. The number of carbonyl (C=O) groups is 2. The molecule has 220 valence electrons. The number of fused-ring (bicyclic) bond motifs is 1. The van der Waals surface area contributed by atoms with Crippen molar-refractivity contribution in [2.24, 2.45) is 4.99 Å². The van der Waals surface area contributed by atoms with Gasteiger partial charge in [-0.3, -0.25) is 9.89 Å². The molecule has 14 heteroatoms. The highest BCUT2D eigenvalue weighted by Crippen LogP contribution is 2.37. The minimum absolute atomic E-state index is 0.0368. The van der Waals surface area contributed by atoms with Crippen LogP contribution in [0.15, 0.2) is 52.2 Å². The number of carbonyl (C=O) groups excluding carboxylic acids is 1. The molecule has 3 aliphatic heterocycles. The van der Waals surface area contributed by atoms with Gasteiger partial charge in [0, 0.05) is 43.5 Å². The third-order valence-corrected chi connectivity index (χ3v) is 9.44. The predicted octanol–water partition coefficient (Wildman–Crippen LogP) is 3.24. The summed E-state index contributed by atoms with van der Waals surface area (Å²) in [5, 5.41) is 15.8. The Morgan fingerprint density at radius 2 is 2.14 bits per heavy atom. The van der Waals surface area contributed by atoms with Gasteiger partial charge in [0.1, 0.15) is 16.7 Å². The van der Waals surface area contributed by atoms with Crippen LogP contribution in [0.1, 0.15) is 38.8 Å². The second-order valence-electron chi connectivity index (χ2n) is 10.1. The Morgan fingerprint density at radius 3 is 2.88 bits per heavy atom. The highest BCUT2D eigenvalue weighted by molar-refractivity contribution is 7.17. The Bertz CT molecular complexity index is 1560. The summed E-state index contributed by atoms with van der Waals surface area (Å²) in [5.74, 6) is -1.39. The van der Waals surface area contributed by atoms with E-state index in [1.165, 1.54) is 23.6 Å². The third-order valence-electron chi connectivity index (χ3n) is 7.61. The number of carboxylic acids is 1. The van der Waals surface area contributed by atoms with E-state index in [2.05, 4.69) is 20.2 Å². The molecule has 42 heavy (non-hydrogen) atoms.